The average Bonchev–Trinajstić information content (AvgIpc) is 3.15. The van der Waals surface area contributed by atoms with Crippen molar-refractivity contribution in [3.8, 4) is 17.6 Å². The van der Waals surface area contributed by atoms with E-state index < -0.39 is 18.0 Å². The molecule has 0 unspecified atom stereocenters. The van der Waals surface area contributed by atoms with Gasteiger partial charge >= 0.3 is 6.09 Å². The Hall–Kier alpha value is -3.85. The smallest absolute Gasteiger partial charge is 0.408 e. The number of hydrogen-bond acceptors (Lipinski definition) is 4. The first-order valence-corrected chi connectivity index (χ1v) is 8.97. The predicted molar refractivity (Wildman–Crippen MR) is 105 cm³/mol. The quantitative estimate of drug-likeness (QED) is 0.685. The van der Waals surface area contributed by atoms with E-state index >= 15 is 0 Å². The fourth-order valence-electron chi connectivity index (χ4n) is 3.18. The topological polar surface area (TPSA) is 60.5 Å². The van der Waals surface area contributed by atoms with Gasteiger partial charge in [-0.2, -0.15) is 0 Å². The van der Waals surface area contributed by atoms with Gasteiger partial charge in [0.1, 0.15) is 11.4 Å². The SMILES string of the molecule is COc1cccc([C@H]2OC(=O)N[C@@H]2c2cccc(C#Cc3ncccc3F)c2)c1. The Morgan fingerprint density at radius 3 is 2.72 bits per heavy atom. The molecule has 0 radical (unpaired) electrons. The molecule has 144 valence electrons. The summed E-state index contributed by atoms with van der Waals surface area (Å²) >= 11 is 0. The molecular weight excluding hydrogens is 371 g/mol. The van der Waals surface area contributed by atoms with Crippen LogP contribution in [0.2, 0.25) is 0 Å². The van der Waals surface area contributed by atoms with Crippen molar-refractivity contribution in [2.45, 2.75) is 12.1 Å². The first-order chi connectivity index (χ1) is 14.1. The Kier molecular flexibility index (Phi) is 5.12. The molecule has 1 amide bonds. The summed E-state index contributed by atoms with van der Waals surface area (Å²) in [5, 5.41) is 2.84. The molecule has 1 aliphatic rings. The largest absolute Gasteiger partial charge is 0.497 e. The third kappa shape index (κ3) is 4.04. The van der Waals surface area contributed by atoms with Crippen LogP contribution in [-0.4, -0.2) is 18.2 Å². The van der Waals surface area contributed by atoms with E-state index in [1.807, 2.05) is 48.5 Å². The second-order valence-corrected chi connectivity index (χ2v) is 6.43. The molecule has 3 aromatic rings. The van der Waals surface area contributed by atoms with Crippen molar-refractivity contribution in [3.05, 3.63) is 95.1 Å². The Labute approximate surface area is 167 Å². The van der Waals surface area contributed by atoms with Gasteiger partial charge in [-0.1, -0.05) is 30.2 Å². The molecule has 0 spiro atoms. The number of nitrogens with zero attached hydrogens (tertiary/aromatic N) is 1. The van der Waals surface area contributed by atoms with E-state index in [9.17, 15) is 9.18 Å². The van der Waals surface area contributed by atoms with Crippen LogP contribution in [0, 0.1) is 17.7 Å². The van der Waals surface area contributed by atoms with Crippen LogP contribution in [0.5, 0.6) is 5.75 Å². The van der Waals surface area contributed by atoms with Gasteiger partial charge in [0.25, 0.3) is 0 Å². The number of carbonyl (C=O) groups excluding carboxylic acids is 1. The van der Waals surface area contributed by atoms with E-state index in [1.165, 1.54) is 18.3 Å². The van der Waals surface area contributed by atoms with Gasteiger partial charge in [-0.05, 0) is 53.4 Å². The van der Waals surface area contributed by atoms with Gasteiger partial charge in [-0.15, -0.1) is 0 Å². The van der Waals surface area contributed by atoms with Gasteiger partial charge in [-0.3, -0.25) is 0 Å². The van der Waals surface area contributed by atoms with E-state index in [1.54, 1.807) is 7.11 Å². The minimum atomic E-state index is -0.506. The molecule has 2 heterocycles. The molecule has 0 saturated carbocycles. The minimum Gasteiger partial charge on any atom is -0.497 e. The van der Waals surface area contributed by atoms with Crippen LogP contribution in [0.4, 0.5) is 9.18 Å². The normalized spacial score (nSPS) is 17.7. The lowest BCUT2D eigenvalue weighted by Crippen LogP contribution is -2.19. The lowest BCUT2D eigenvalue weighted by molar-refractivity contribution is 0.132. The van der Waals surface area contributed by atoms with Gasteiger partial charge in [0.15, 0.2) is 11.9 Å². The van der Waals surface area contributed by atoms with Gasteiger partial charge in [0, 0.05) is 11.8 Å². The van der Waals surface area contributed by atoms with E-state index in [0.717, 1.165) is 11.1 Å². The van der Waals surface area contributed by atoms with Crippen molar-refractivity contribution in [2.75, 3.05) is 7.11 Å². The van der Waals surface area contributed by atoms with Gasteiger partial charge < -0.3 is 14.8 Å². The zero-order valence-corrected chi connectivity index (χ0v) is 15.6. The summed E-state index contributed by atoms with van der Waals surface area (Å²) in [4.78, 5) is 15.9. The van der Waals surface area contributed by atoms with Crippen molar-refractivity contribution in [1.29, 1.82) is 0 Å². The summed E-state index contributed by atoms with van der Waals surface area (Å²) in [6.07, 6.45) is 0.497. The molecule has 1 aliphatic heterocycles. The van der Waals surface area contributed by atoms with E-state index in [-0.39, 0.29) is 11.7 Å². The number of ether oxygens (including phenoxy) is 2. The molecule has 0 bridgehead atoms. The van der Waals surface area contributed by atoms with E-state index in [2.05, 4.69) is 22.1 Å². The van der Waals surface area contributed by atoms with Crippen molar-refractivity contribution in [3.63, 3.8) is 0 Å². The van der Waals surface area contributed by atoms with Crippen LogP contribution in [0.25, 0.3) is 0 Å². The standard InChI is InChI=1S/C23H17FN2O3/c1-28-18-8-3-7-17(14-18)22-21(26-23(27)29-22)16-6-2-5-15(13-16)10-11-20-19(24)9-4-12-25-20/h2-9,12-14,21-22H,1H3,(H,26,27)/t21-,22-/m1/s1. The van der Waals surface area contributed by atoms with Gasteiger partial charge in [0.2, 0.25) is 0 Å². The number of aromatic nitrogens is 1. The zero-order valence-electron chi connectivity index (χ0n) is 15.6. The monoisotopic (exact) mass is 388 g/mol. The average molecular weight is 388 g/mol. The van der Waals surface area contributed by atoms with Gasteiger partial charge in [-0.25, -0.2) is 14.2 Å². The second-order valence-electron chi connectivity index (χ2n) is 6.43. The molecule has 5 nitrogen and oxygen atoms in total. The van der Waals surface area contributed by atoms with Crippen LogP contribution in [0.15, 0.2) is 66.9 Å². The highest BCUT2D eigenvalue weighted by Crippen LogP contribution is 2.37. The number of halogens is 1. The highest BCUT2D eigenvalue weighted by atomic mass is 19.1. The Balaban J connectivity index is 1.64. The first kappa shape index (κ1) is 18.5. The molecule has 0 aliphatic carbocycles. The molecule has 2 aromatic carbocycles. The number of nitrogens with one attached hydrogen (secondary N) is 1. The summed E-state index contributed by atoms with van der Waals surface area (Å²) in [6, 6.07) is 17.2. The van der Waals surface area contributed by atoms with Crippen LogP contribution >= 0.6 is 0 Å². The third-order valence-corrected chi connectivity index (χ3v) is 4.56. The van der Waals surface area contributed by atoms with Crippen LogP contribution in [-0.2, 0) is 4.74 Å². The molecule has 6 heteroatoms. The van der Waals surface area contributed by atoms with Crippen LogP contribution in [0.3, 0.4) is 0 Å². The van der Waals surface area contributed by atoms with Crippen molar-refractivity contribution < 1.29 is 18.7 Å². The maximum atomic E-state index is 13.7. The highest BCUT2D eigenvalue weighted by molar-refractivity contribution is 5.71. The third-order valence-electron chi connectivity index (χ3n) is 4.56. The zero-order chi connectivity index (χ0) is 20.2. The molecule has 29 heavy (non-hydrogen) atoms. The molecule has 4 rings (SSSR count). The van der Waals surface area contributed by atoms with Crippen molar-refractivity contribution >= 4 is 6.09 Å². The molecular formula is C23H17FN2O3. The summed E-state index contributed by atoms with van der Waals surface area (Å²) in [5.74, 6) is 5.88. The predicted octanol–water partition coefficient (Wildman–Crippen LogP) is 4.15. The number of rotatable bonds is 3. The van der Waals surface area contributed by atoms with E-state index in [0.29, 0.717) is 11.3 Å². The molecule has 1 saturated heterocycles. The fourth-order valence-corrected chi connectivity index (χ4v) is 3.18. The number of amides is 1. The number of hydrogen-bond donors (Lipinski definition) is 1. The lowest BCUT2D eigenvalue weighted by Gasteiger charge is -2.18. The highest BCUT2D eigenvalue weighted by Gasteiger charge is 2.36. The number of benzene rings is 2. The summed E-state index contributed by atoms with van der Waals surface area (Å²) in [6.45, 7) is 0. The Morgan fingerprint density at radius 1 is 1.07 bits per heavy atom. The van der Waals surface area contributed by atoms with Crippen molar-refractivity contribution in [1.82, 2.24) is 10.3 Å². The number of alkyl carbamates (subject to hydrolysis) is 1. The fraction of sp³-hybridized carbons (Fsp3) is 0.130. The summed E-state index contributed by atoms with van der Waals surface area (Å²) in [5.41, 5.74) is 2.42. The molecule has 1 fully saturated rings. The Morgan fingerprint density at radius 2 is 1.90 bits per heavy atom. The number of carbonyl (C=O) groups is 1. The summed E-state index contributed by atoms with van der Waals surface area (Å²) in [7, 11) is 1.59. The Bertz CT molecular complexity index is 1120. The maximum Gasteiger partial charge on any atom is 0.408 e. The maximum absolute atomic E-state index is 13.7. The minimum absolute atomic E-state index is 0.0877. The first-order valence-electron chi connectivity index (χ1n) is 8.97. The van der Waals surface area contributed by atoms with Crippen LogP contribution < -0.4 is 10.1 Å². The second kappa shape index (κ2) is 8.03. The number of methoxy groups -OCH3 is 1. The van der Waals surface area contributed by atoms with Crippen LogP contribution in [0.1, 0.15) is 34.5 Å². The molecule has 2 atom stereocenters. The molecule has 1 N–H and O–H groups in total. The number of pyridine rings is 1. The molecule has 1 aromatic heterocycles. The lowest BCUT2D eigenvalue weighted by atomic mass is 9.95. The number of cyclic esters (lactones) is 1. The van der Waals surface area contributed by atoms with Crippen molar-refractivity contribution in [2.24, 2.45) is 0 Å². The summed E-state index contributed by atoms with van der Waals surface area (Å²) < 4.78 is 24.5. The van der Waals surface area contributed by atoms with Gasteiger partial charge in [0.05, 0.1) is 13.2 Å². The van der Waals surface area contributed by atoms with E-state index in [4.69, 9.17) is 9.47 Å².